The van der Waals surface area contributed by atoms with Gasteiger partial charge in [-0.25, -0.2) is 0 Å². The van der Waals surface area contributed by atoms with Gasteiger partial charge < -0.3 is 9.72 Å². The zero-order chi connectivity index (χ0) is 17.7. The number of aromatic amines is 1. The van der Waals surface area contributed by atoms with E-state index in [2.05, 4.69) is 27.0 Å². The van der Waals surface area contributed by atoms with Gasteiger partial charge in [-0.1, -0.05) is 11.6 Å². The van der Waals surface area contributed by atoms with Crippen LogP contribution in [0.4, 0.5) is 0 Å². The van der Waals surface area contributed by atoms with Crippen LogP contribution in [0.3, 0.4) is 0 Å². The SMILES string of the molecule is COc1cc2c(cc1CN1CCCC1)[nH]c1c3ccc(Cl)cc3ncc21. The van der Waals surface area contributed by atoms with E-state index in [4.69, 9.17) is 16.3 Å². The average molecular weight is 366 g/mol. The Hall–Kier alpha value is -2.30. The molecule has 0 atom stereocenters. The third kappa shape index (κ3) is 2.52. The normalized spacial score (nSPS) is 15.5. The molecule has 0 amide bonds. The maximum Gasteiger partial charge on any atom is 0.124 e. The zero-order valence-corrected chi connectivity index (χ0v) is 15.4. The highest BCUT2D eigenvalue weighted by Gasteiger charge is 2.17. The Morgan fingerprint density at radius 3 is 2.77 bits per heavy atom. The second kappa shape index (κ2) is 6.15. The number of ether oxygens (including phenoxy) is 1. The van der Waals surface area contributed by atoms with Gasteiger partial charge in [0.1, 0.15) is 5.75 Å². The smallest absolute Gasteiger partial charge is 0.124 e. The van der Waals surface area contributed by atoms with E-state index in [1.165, 1.54) is 31.5 Å². The summed E-state index contributed by atoms with van der Waals surface area (Å²) in [4.78, 5) is 10.7. The van der Waals surface area contributed by atoms with Crippen molar-refractivity contribution in [1.29, 1.82) is 0 Å². The van der Waals surface area contributed by atoms with Crippen molar-refractivity contribution in [1.82, 2.24) is 14.9 Å². The minimum atomic E-state index is 0.704. The number of aromatic nitrogens is 2. The summed E-state index contributed by atoms with van der Waals surface area (Å²) in [6.45, 7) is 3.27. The Morgan fingerprint density at radius 1 is 1.12 bits per heavy atom. The molecule has 1 N–H and O–H groups in total. The third-order valence-electron chi connectivity index (χ3n) is 5.39. The van der Waals surface area contributed by atoms with Crippen molar-refractivity contribution >= 4 is 44.3 Å². The Labute approximate surface area is 156 Å². The number of H-pyrrole nitrogens is 1. The standard InChI is InChI=1S/C21H20ClN3O/c1-26-20-10-16-17-11-23-18-9-14(22)4-5-15(18)21(17)24-19(16)8-13(20)12-25-6-2-3-7-25/h4-5,8-11,24H,2-3,6-7,12H2,1H3. The van der Waals surface area contributed by atoms with E-state index in [1.54, 1.807) is 7.11 Å². The first kappa shape index (κ1) is 15.9. The van der Waals surface area contributed by atoms with Crippen LogP contribution in [0.5, 0.6) is 5.75 Å². The summed E-state index contributed by atoms with van der Waals surface area (Å²) in [5.74, 6) is 0.946. The van der Waals surface area contributed by atoms with Gasteiger partial charge in [-0.3, -0.25) is 9.88 Å². The van der Waals surface area contributed by atoms with Crippen molar-refractivity contribution in [2.45, 2.75) is 19.4 Å². The molecule has 1 saturated heterocycles. The Balaban J connectivity index is 1.72. The number of methoxy groups -OCH3 is 1. The van der Waals surface area contributed by atoms with Gasteiger partial charge in [0.05, 0.1) is 18.1 Å². The predicted molar refractivity (Wildman–Crippen MR) is 107 cm³/mol. The largest absolute Gasteiger partial charge is 0.496 e. The topological polar surface area (TPSA) is 41.1 Å². The fraction of sp³-hybridized carbons (Fsp3) is 0.286. The number of hydrogen-bond donors (Lipinski definition) is 1. The molecular weight excluding hydrogens is 346 g/mol. The minimum Gasteiger partial charge on any atom is -0.496 e. The Morgan fingerprint density at radius 2 is 1.96 bits per heavy atom. The van der Waals surface area contributed by atoms with Crippen LogP contribution in [0.15, 0.2) is 36.5 Å². The second-order valence-electron chi connectivity index (χ2n) is 7.03. The number of benzene rings is 2. The average Bonchev–Trinajstić information content (AvgIpc) is 3.27. The van der Waals surface area contributed by atoms with Gasteiger partial charge in [-0.2, -0.15) is 0 Å². The number of rotatable bonds is 3. The van der Waals surface area contributed by atoms with Crippen molar-refractivity contribution in [3.63, 3.8) is 0 Å². The third-order valence-corrected chi connectivity index (χ3v) is 5.63. The Bertz CT molecular complexity index is 1130. The molecule has 2 aromatic heterocycles. The molecule has 0 saturated carbocycles. The fourth-order valence-electron chi connectivity index (χ4n) is 4.09. The monoisotopic (exact) mass is 365 g/mol. The van der Waals surface area contributed by atoms with Crippen LogP contribution in [0.1, 0.15) is 18.4 Å². The molecular formula is C21H20ClN3O. The molecule has 5 heteroatoms. The highest BCUT2D eigenvalue weighted by Crippen LogP contribution is 2.35. The van der Waals surface area contributed by atoms with Gasteiger partial charge in [0.25, 0.3) is 0 Å². The summed E-state index contributed by atoms with van der Waals surface area (Å²) in [6, 6.07) is 10.2. The number of fused-ring (bicyclic) bond motifs is 5. The summed E-state index contributed by atoms with van der Waals surface area (Å²) >= 11 is 6.12. The van der Waals surface area contributed by atoms with Gasteiger partial charge in [-0.15, -0.1) is 0 Å². The summed E-state index contributed by atoms with van der Waals surface area (Å²) < 4.78 is 5.71. The lowest BCUT2D eigenvalue weighted by Gasteiger charge is -2.17. The molecule has 0 radical (unpaired) electrons. The highest BCUT2D eigenvalue weighted by atomic mass is 35.5. The molecule has 3 heterocycles. The molecule has 1 fully saturated rings. The van der Waals surface area contributed by atoms with Crippen molar-refractivity contribution < 1.29 is 4.74 Å². The minimum absolute atomic E-state index is 0.704. The molecule has 1 aliphatic heterocycles. The first-order chi connectivity index (χ1) is 12.7. The summed E-state index contributed by atoms with van der Waals surface area (Å²) in [7, 11) is 1.75. The van der Waals surface area contributed by atoms with E-state index in [1.807, 2.05) is 24.4 Å². The molecule has 0 aliphatic carbocycles. The van der Waals surface area contributed by atoms with E-state index in [0.717, 1.165) is 45.0 Å². The number of likely N-dealkylation sites (tertiary alicyclic amines) is 1. The molecule has 5 rings (SSSR count). The molecule has 1 aliphatic rings. The lowest BCUT2D eigenvalue weighted by molar-refractivity contribution is 0.321. The van der Waals surface area contributed by atoms with E-state index >= 15 is 0 Å². The number of halogens is 1. The van der Waals surface area contributed by atoms with Crippen LogP contribution < -0.4 is 4.74 Å². The van der Waals surface area contributed by atoms with Crippen LogP contribution in [-0.4, -0.2) is 35.1 Å². The molecule has 132 valence electrons. The van der Waals surface area contributed by atoms with Gasteiger partial charge in [-0.05, 0) is 56.3 Å². The van der Waals surface area contributed by atoms with Gasteiger partial charge in [0, 0.05) is 45.0 Å². The van der Waals surface area contributed by atoms with Crippen molar-refractivity contribution in [3.05, 3.63) is 47.1 Å². The number of nitrogens with one attached hydrogen (secondary N) is 1. The first-order valence-corrected chi connectivity index (χ1v) is 9.39. The highest BCUT2D eigenvalue weighted by molar-refractivity contribution is 6.31. The van der Waals surface area contributed by atoms with Gasteiger partial charge in [0.2, 0.25) is 0 Å². The second-order valence-corrected chi connectivity index (χ2v) is 7.46. The number of hydrogen-bond acceptors (Lipinski definition) is 3. The quantitative estimate of drug-likeness (QED) is 0.547. The summed E-state index contributed by atoms with van der Waals surface area (Å²) in [5.41, 5.74) is 4.36. The molecule has 2 aromatic carbocycles. The molecule has 4 aromatic rings. The van der Waals surface area contributed by atoms with Crippen LogP contribution in [0.2, 0.25) is 5.02 Å². The van der Waals surface area contributed by atoms with E-state index in [-0.39, 0.29) is 0 Å². The molecule has 26 heavy (non-hydrogen) atoms. The molecule has 0 unspecified atom stereocenters. The van der Waals surface area contributed by atoms with Gasteiger partial charge in [0.15, 0.2) is 0 Å². The summed E-state index contributed by atoms with van der Waals surface area (Å²) in [5, 5.41) is 4.05. The van der Waals surface area contributed by atoms with E-state index in [9.17, 15) is 0 Å². The van der Waals surface area contributed by atoms with Crippen molar-refractivity contribution in [3.8, 4) is 5.75 Å². The Kier molecular flexibility index (Phi) is 3.76. The maximum absolute atomic E-state index is 6.12. The van der Waals surface area contributed by atoms with Crippen LogP contribution in [0.25, 0.3) is 32.7 Å². The summed E-state index contributed by atoms with van der Waals surface area (Å²) in [6.07, 6.45) is 4.50. The van der Waals surface area contributed by atoms with Crippen molar-refractivity contribution in [2.75, 3.05) is 20.2 Å². The number of nitrogens with zero attached hydrogens (tertiary/aromatic N) is 2. The predicted octanol–water partition coefficient (Wildman–Crippen LogP) is 5.13. The van der Waals surface area contributed by atoms with E-state index in [0.29, 0.717) is 5.02 Å². The zero-order valence-electron chi connectivity index (χ0n) is 14.7. The van der Waals surface area contributed by atoms with Crippen LogP contribution in [-0.2, 0) is 6.54 Å². The maximum atomic E-state index is 6.12. The lowest BCUT2D eigenvalue weighted by Crippen LogP contribution is -2.18. The van der Waals surface area contributed by atoms with E-state index < -0.39 is 0 Å². The molecule has 4 nitrogen and oxygen atoms in total. The van der Waals surface area contributed by atoms with Crippen LogP contribution in [0, 0.1) is 0 Å². The first-order valence-electron chi connectivity index (χ1n) is 9.02. The van der Waals surface area contributed by atoms with Gasteiger partial charge >= 0.3 is 0 Å². The number of pyridine rings is 1. The molecule has 0 spiro atoms. The molecule has 0 bridgehead atoms. The van der Waals surface area contributed by atoms with Crippen LogP contribution >= 0.6 is 11.6 Å². The fourth-order valence-corrected chi connectivity index (χ4v) is 4.25. The van der Waals surface area contributed by atoms with Crippen molar-refractivity contribution in [2.24, 2.45) is 0 Å². The lowest BCUT2D eigenvalue weighted by atomic mass is 10.1.